The topological polar surface area (TPSA) is 113 Å². The van der Waals surface area contributed by atoms with Gasteiger partial charge >= 0.3 is 0 Å². The minimum absolute atomic E-state index is 0.0457. The highest BCUT2D eigenvalue weighted by molar-refractivity contribution is 5.95. The van der Waals surface area contributed by atoms with Crippen LogP contribution in [0.2, 0.25) is 0 Å². The molecule has 9 heteroatoms. The molecule has 1 aliphatic heterocycles. The van der Waals surface area contributed by atoms with Gasteiger partial charge in [-0.15, -0.1) is 10.2 Å². The normalized spacial score (nSPS) is 13.4. The monoisotopic (exact) mass is 412 g/mol. The Kier molecular flexibility index (Phi) is 4.70. The number of fused-ring (bicyclic) bond motifs is 1. The van der Waals surface area contributed by atoms with Crippen molar-refractivity contribution < 1.29 is 4.79 Å². The quantitative estimate of drug-likeness (QED) is 0.548. The number of aromatic amines is 1. The first-order chi connectivity index (χ1) is 15.1. The number of aromatic nitrogens is 7. The minimum Gasteiger partial charge on any atom is -0.290 e. The molecule has 3 aromatic heterocycles. The number of nitrogens with one attached hydrogen (secondary N) is 1. The molecule has 9 nitrogen and oxygen atoms in total. The maximum Gasteiger partial charge on any atom is 0.228 e. The number of hydrogen-bond donors (Lipinski definition) is 1. The van der Waals surface area contributed by atoms with Gasteiger partial charge in [-0.05, 0) is 37.6 Å². The molecule has 154 valence electrons. The van der Waals surface area contributed by atoms with Crippen LogP contribution in [0.3, 0.4) is 0 Å². The number of anilines is 1. The largest absolute Gasteiger partial charge is 0.290 e. The minimum atomic E-state index is 0.0457. The lowest BCUT2D eigenvalue weighted by Gasteiger charge is -2.29. The number of aryl methyl sites for hydroxylation is 2. The molecule has 4 heterocycles. The fourth-order valence-corrected chi connectivity index (χ4v) is 3.94. The number of carbonyl (C=O) groups excluding carboxylic acids is 1. The van der Waals surface area contributed by atoms with E-state index in [0.29, 0.717) is 36.9 Å². The zero-order chi connectivity index (χ0) is 21.4. The number of pyridine rings is 1. The highest BCUT2D eigenvalue weighted by atomic mass is 16.2. The third-order valence-corrected chi connectivity index (χ3v) is 5.37. The molecule has 0 atom stereocenters. The van der Waals surface area contributed by atoms with Crippen molar-refractivity contribution in [2.24, 2.45) is 0 Å². The van der Waals surface area contributed by atoms with E-state index in [1.54, 1.807) is 4.90 Å². The summed E-state index contributed by atoms with van der Waals surface area (Å²) in [6.07, 6.45) is 1.11. The van der Waals surface area contributed by atoms with Crippen molar-refractivity contribution >= 4 is 11.7 Å². The summed E-state index contributed by atoms with van der Waals surface area (Å²) in [5.74, 6) is 1.90. The summed E-state index contributed by atoms with van der Waals surface area (Å²) in [6, 6.07) is 13.6. The van der Waals surface area contributed by atoms with Crippen LogP contribution < -0.4 is 4.90 Å². The molecule has 1 N–H and O–H groups in total. The van der Waals surface area contributed by atoms with Gasteiger partial charge in [0.05, 0.1) is 17.9 Å². The van der Waals surface area contributed by atoms with Gasteiger partial charge < -0.3 is 0 Å². The Labute approximate surface area is 178 Å². The fourth-order valence-electron chi connectivity index (χ4n) is 3.94. The predicted octanol–water partition coefficient (Wildman–Crippen LogP) is 2.81. The van der Waals surface area contributed by atoms with E-state index < -0.39 is 0 Å². The fraction of sp³-hybridized carbons (Fsp3) is 0.227. The van der Waals surface area contributed by atoms with Crippen molar-refractivity contribution in [3.63, 3.8) is 0 Å². The number of amides is 1. The smallest absolute Gasteiger partial charge is 0.228 e. The van der Waals surface area contributed by atoms with Gasteiger partial charge in [-0.2, -0.15) is 5.21 Å². The van der Waals surface area contributed by atoms with Gasteiger partial charge in [0, 0.05) is 28.8 Å². The molecule has 1 amide bonds. The zero-order valence-electron chi connectivity index (χ0n) is 17.2. The van der Waals surface area contributed by atoms with Gasteiger partial charge in [-0.25, -0.2) is 9.97 Å². The molecule has 0 saturated carbocycles. The van der Waals surface area contributed by atoms with E-state index in [1.807, 2.05) is 56.3 Å². The van der Waals surface area contributed by atoms with E-state index in [0.717, 1.165) is 33.8 Å². The second-order valence-electron chi connectivity index (χ2n) is 7.43. The van der Waals surface area contributed by atoms with Crippen molar-refractivity contribution in [1.82, 2.24) is 35.6 Å². The third kappa shape index (κ3) is 3.54. The van der Waals surface area contributed by atoms with Crippen LogP contribution >= 0.6 is 0 Å². The van der Waals surface area contributed by atoms with E-state index in [-0.39, 0.29) is 5.91 Å². The first-order valence-corrected chi connectivity index (χ1v) is 10.0. The number of hydrogen-bond acceptors (Lipinski definition) is 7. The molecule has 0 fully saturated rings. The van der Waals surface area contributed by atoms with Crippen molar-refractivity contribution in [1.29, 1.82) is 0 Å². The Balaban J connectivity index is 1.52. The third-order valence-electron chi connectivity index (χ3n) is 5.37. The summed E-state index contributed by atoms with van der Waals surface area (Å²) in [4.78, 5) is 28.3. The second-order valence-corrected chi connectivity index (χ2v) is 7.43. The van der Waals surface area contributed by atoms with Crippen molar-refractivity contribution in [3.05, 3.63) is 65.2 Å². The molecule has 1 aromatic carbocycles. The number of benzene rings is 1. The van der Waals surface area contributed by atoms with Crippen LogP contribution in [0, 0.1) is 13.8 Å². The molecule has 0 bridgehead atoms. The van der Waals surface area contributed by atoms with Gasteiger partial charge in [0.15, 0.2) is 0 Å². The van der Waals surface area contributed by atoms with Crippen LogP contribution in [0.25, 0.3) is 22.6 Å². The lowest BCUT2D eigenvalue weighted by atomic mass is 10.0. The van der Waals surface area contributed by atoms with Gasteiger partial charge in [-0.1, -0.05) is 30.3 Å². The molecule has 0 spiro atoms. The van der Waals surface area contributed by atoms with Crippen LogP contribution in [-0.4, -0.2) is 41.5 Å². The molecular formula is C22H20N8O. The summed E-state index contributed by atoms with van der Waals surface area (Å²) in [5.41, 5.74) is 5.23. The Morgan fingerprint density at radius 2 is 1.81 bits per heavy atom. The first-order valence-electron chi connectivity index (χ1n) is 10.0. The number of nitrogens with zero attached hydrogens (tertiary/aromatic N) is 7. The van der Waals surface area contributed by atoms with E-state index in [1.165, 1.54) is 0 Å². The van der Waals surface area contributed by atoms with Crippen LogP contribution in [0.5, 0.6) is 0 Å². The number of tetrazole rings is 1. The number of carbonyl (C=O) groups is 1. The van der Waals surface area contributed by atoms with Gasteiger partial charge in [0.2, 0.25) is 11.7 Å². The summed E-state index contributed by atoms with van der Waals surface area (Å²) < 4.78 is 0. The first kappa shape index (κ1) is 19.0. The van der Waals surface area contributed by atoms with Gasteiger partial charge in [-0.3, -0.25) is 14.7 Å². The van der Waals surface area contributed by atoms with Crippen molar-refractivity contribution in [2.75, 3.05) is 4.90 Å². The Morgan fingerprint density at radius 1 is 0.968 bits per heavy atom. The van der Waals surface area contributed by atoms with Gasteiger partial charge in [0.1, 0.15) is 11.6 Å². The molecule has 4 aromatic rings. The maximum atomic E-state index is 12.8. The molecule has 0 saturated heterocycles. The molecule has 5 rings (SSSR count). The Hall–Kier alpha value is -4.01. The molecule has 1 aliphatic rings. The maximum absolute atomic E-state index is 12.8. The number of H-pyrrole nitrogens is 1. The standard InChI is InChI=1S/C22H20N8O/c1-13-16-10-11-20(31)30(22(16)24-14(2)23-13)12-15-6-5-9-19(25-15)17-7-3-4-8-18(17)21-26-28-29-27-21/h3-9H,10-12H2,1-2H3,(H,26,27,28,29). The summed E-state index contributed by atoms with van der Waals surface area (Å²) in [7, 11) is 0. The molecule has 0 aliphatic carbocycles. The van der Waals surface area contributed by atoms with Gasteiger partial charge in [0.25, 0.3) is 0 Å². The molecule has 0 unspecified atom stereocenters. The highest BCUT2D eigenvalue weighted by Crippen LogP contribution is 2.31. The molecule has 31 heavy (non-hydrogen) atoms. The van der Waals surface area contributed by atoms with E-state index in [4.69, 9.17) is 4.98 Å². The van der Waals surface area contributed by atoms with Crippen LogP contribution in [0.1, 0.15) is 29.2 Å². The van der Waals surface area contributed by atoms with Crippen LogP contribution in [0.4, 0.5) is 5.82 Å². The SMILES string of the molecule is Cc1nc(C)c2c(n1)N(Cc1cccc(-c3ccccc3-c3nn[nH]n3)n1)C(=O)CC2. The second kappa shape index (κ2) is 7.67. The predicted molar refractivity (Wildman–Crippen MR) is 114 cm³/mol. The average Bonchev–Trinajstić information content (AvgIpc) is 3.31. The zero-order valence-corrected chi connectivity index (χ0v) is 17.2. The van der Waals surface area contributed by atoms with Crippen LogP contribution in [-0.2, 0) is 17.8 Å². The Morgan fingerprint density at radius 3 is 2.61 bits per heavy atom. The lowest BCUT2D eigenvalue weighted by Crippen LogP contribution is -2.36. The summed E-state index contributed by atoms with van der Waals surface area (Å²) >= 11 is 0. The lowest BCUT2D eigenvalue weighted by molar-refractivity contribution is -0.119. The van der Waals surface area contributed by atoms with Crippen LogP contribution in [0.15, 0.2) is 42.5 Å². The van der Waals surface area contributed by atoms with Crippen molar-refractivity contribution in [3.8, 4) is 22.6 Å². The number of rotatable bonds is 4. The average molecular weight is 412 g/mol. The molecular weight excluding hydrogens is 392 g/mol. The molecule has 0 radical (unpaired) electrons. The van der Waals surface area contributed by atoms with E-state index in [2.05, 4.69) is 30.6 Å². The van der Waals surface area contributed by atoms with Crippen molar-refractivity contribution in [2.45, 2.75) is 33.2 Å². The summed E-state index contributed by atoms with van der Waals surface area (Å²) in [5, 5.41) is 14.3. The highest BCUT2D eigenvalue weighted by Gasteiger charge is 2.28. The summed E-state index contributed by atoms with van der Waals surface area (Å²) in [6.45, 7) is 4.16. The van der Waals surface area contributed by atoms with E-state index >= 15 is 0 Å². The Bertz CT molecular complexity index is 1270. The van der Waals surface area contributed by atoms with E-state index in [9.17, 15) is 4.79 Å².